The van der Waals surface area contributed by atoms with Crippen molar-refractivity contribution in [2.75, 3.05) is 18.0 Å². The smallest absolute Gasteiger partial charge is 0.0392 e. The van der Waals surface area contributed by atoms with E-state index in [0.29, 0.717) is 18.1 Å². The van der Waals surface area contributed by atoms with Gasteiger partial charge in [0, 0.05) is 36.9 Å². The predicted molar refractivity (Wildman–Crippen MR) is 83.9 cm³/mol. The van der Waals surface area contributed by atoms with Crippen LogP contribution in [0.2, 0.25) is 0 Å². The van der Waals surface area contributed by atoms with Crippen molar-refractivity contribution in [3.8, 4) is 0 Å². The van der Waals surface area contributed by atoms with Crippen LogP contribution in [0.15, 0.2) is 24.3 Å². The van der Waals surface area contributed by atoms with E-state index >= 15 is 0 Å². The molecule has 1 aromatic carbocycles. The molecule has 1 heterocycles. The Morgan fingerprint density at radius 3 is 2.00 bits per heavy atom. The van der Waals surface area contributed by atoms with E-state index in [2.05, 4.69) is 68.7 Å². The number of hydrogen-bond acceptors (Lipinski definition) is 2. The van der Waals surface area contributed by atoms with Crippen LogP contribution < -0.4 is 4.90 Å². The Kier molecular flexibility index (Phi) is 4.51. The molecule has 2 unspecified atom stereocenters. The van der Waals surface area contributed by atoms with Gasteiger partial charge in [-0.3, -0.25) is 4.90 Å². The molecule has 1 aliphatic rings. The number of rotatable bonds is 3. The fraction of sp³-hybridized carbons (Fsp3) is 0.647. The highest BCUT2D eigenvalue weighted by molar-refractivity contribution is 5.50. The summed E-state index contributed by atoms with van der Waals surface area (Å²) in [5, 5.41) is 0. The monoisotopic (exact) mass is 260 g/mol. The van der Waals surface area contributed by atoms with E-state index in [1.54, 1.807) is 0 Å². The van der Waals surface area contributed by atoms with Crippen molar-refractivity contribution in [2.45, 2.75) is 59.2 Å². The molecule has 0 radical (unpaired) electrons. The molecule has 19 heavy (non-hydrogen) atoms. The summed E-state index contributed by atoms with van der Waals surface area (Å²) < 4.78 is 0. The van der Waals surface area contributed by atoms with Crippen LogP contribution in [0.3, 0.4) is 0 Å². The van der Waals surface area contributed by atoms with E-state index < -0.39 is 0 Å². The van der Waals surface area contributed by atoms with Crippen molar-refractivity contribution in [1.29, 1.82) is 0 Å². The third-order valence-corrected chi connectivity index (χ3v) is 4.32. The van der Waals surface area contributed by atoms with Crippen molar-refractivity contribution in [1.82, 2.24) is 4.90 Å². The van der Waals surface area contributed by atoms with Gasteiger partial charge >= 0.3 is 0 Å². The first-order valence-electron chi connectivity index (χ1n) is 7.64. The number of anilines is 1. The standard InChI is InChI=1S/C17H28N2/c1-6-16-7-9-17(10-8-16)19-14(4)11-18(13(2)3)12-15(19)5/h7-10,13-15H,6,11-12H2,1-5H3. The quantitative estimate of drug-likeness (QED) is 0.820. The van der Waals surface area contributed by atoms with Gasteiger partial charge in [0.25, 0.3) is 0 Å². The summed E-state index contributed by atoms with van der Waals surface area (Å²) >= 11 is 0. The molecule has 0 spiro atoms. The average molecular weight is 260 g/mol. The Hall–Kier alpha value is -1.02. The number of aryl methyl sites for hydroxylation is 1. The predicted octanol–water partition coefficient (Wildman–Crippen LogP) is 3.56. The van der Waals surface area contributed by atoms with E-state index in [1.807, 2.05) is 0 Å². The maximum atomic E-state index is 2.59. The maximum Gasteiger partial charge on any atom is 0.0392 e. The van der Waals surface area contributed by atoms with Crippen molar-refractivity contribution in [3.63, 3.8) is 0 Å². The summed E-state index contributed by atoms with van der Waals surface area (Å²) in [7, 11) is 0. The third kappa shape index (κ3) is 3.11. The number of hydrogen-bond donors (Lipinski definition) is 0. The van der Waals surface area contributed by atoms with Gasteiger partial charge < -0.3 is 4.90 Å². The van der Waals surface area contributed by atoms with E-state index in [4.69, 9.17) is 0 Å². The molecule has 0 bridgehead atoms. The van der Waals surface area contributed by atoms with Crippen molar-refractivity contribution < 1.29 is 0 Å². The number of benzene rings is 1. The SMILES string of the molecule is CCc1ccc(N2C(C)CN(C(C)C)CC2C)cc1. The Morgan fingerprint density at radius 2 is 1.58 bits per heavy atom. The number of nitrogens with zero attached hydrogens (tertiary/aromatic N) is 2. The first-order chi connectivity index (χ1) is 9.02. The lowest BCUT2D eigenvalue weighted by atomic mass is 10.0. The van der Waals surface area contributed by atoms with E-state index in [0.717, 1.165) is 19.5 Å². The molecule has 2 atom stereocenters. The van der Waals surface area contributed by atoms with Gasteiger partial charge in [-0.25, -0.2) is 0 Å². The van der Waals surface area contributed by atoms with E-state index in [9.17, 15) is 0 Å². The minimum atomic E-state index is 0.582. The van der Waals surface area contributed by atoms with Crippen LogP contribution >= 0.6 is 0 Å². The summed E-state index contributed by atoms with van der Waals surface area (Å²) in [6.45, 7) is 13.8. The van der Waals surface area contributed by atoms with Gasteiger partial charge in [0.2, 0.25) is 0 Å². The van der Waals surface area contributed by atoms with Crippen LogP contribution in [-0.2, 0) is 6.42 Å². The molecule has 1 saturated heterocycles. The summed E-state index contributed by atoms with van der Waals surface area (Å²) in [6.07, 6.45) is 1.12. The third-order valence-electron chi connectivity index (χ3n) is 4.32. The molecule has 0 aliphatic carbocycles. The molecular formula is C17H28N2. The lowest BCUT2D eigenvalue weighted by Gasteiger charge is -2.47. The second kappa shape index (κ2) is 5.96. The normalized spacial score (nSPS) is 25.1. The van der Waals surface area contributed by atoms with E-state index in [1.165, 1.54) is 11.3 Å². The van der Waals surface area contributed by atoms with Gasteiger partial charge in [0.05, 0.1) is 0 Å². The molecule has 2 nitrogen and oxygen atoms in total. The molecule has 0 amide bonds. The Bertz CT molecular complexity index is 384. The molecule has 1 aliphatic heterocycles. The summed E-state index contributed by atoms with van der Waals surface area (Å²) in [4.78, 5) is 5.17. The lowest BCUT2D eigenvalue weighted by molar-refractivity contribution is 0.161. The second-order valence-electron chi connectivity index (χ2n) is 6.17. The zero-order chi connectivity index (χ0) is 14.0. The fourth-order valence-electron chi connectivity index (χ4n) is 3.20. The molecule has 106 valence electrons. The van der Waals surface area contributed by atoms with Gasteiger partial charge in [-0.15, -0.1) is 0 Å². The highest BCUT2D eigenvalue weighted by Gasteiger charge is 2.30. The molecule has 2 rings (SSSR count). The zero-order valence-electron chi connectivity index (χ0n) is 13.1. The van der Waals surface area contributed by atoms with Crippen LogP contribution in [0, 0.1) is 0 Å². The van der Waals surface area contributed by atoms with Gasteiger partial charge in [-0.2, -0.15) is 0 Å². The molecular weight excluding hydrogens is 232 g/mol. The minimum Gasteiger partial charge on any atom is -0.364 e. The van der Waals surface area contributed by atoms with Crippen molar-refractivity contribution in [3.05, 3.63) is 29.8 Å². The molecule has 1 fully saturated rings. The molecule has 2 heteroatoms. The Morgan fingerprint density at radius 1 is 1.05 bits per heavy atom. The Balaban J connectivity index is 2.15. The maximum absolute atomic E-state index is 2.59. The van der Waals surface area contributed by atoms with Gasteiger partial charge in [-0.05, 0) is 51.8 Å². The van der Waals surface area contributed by atoms with E-state index in [-0.39, 0.29) is 0 Å². The van der Waals surface area contributed by atoms with Gasteiger partial charge in [-0.1, -0.05) is 19.1 Å². The highest BCUT2D eigenvalue weighted by Crippen LogP contribution is 2.25. The topological polar surface area (TPSA) is 6.48 Å². The molecule has 0 N–H and O–H groups in total. The molecule has 0 aromatic heterocycles. The summed E-state index contributed by atoms with van der Waals surface area (Å²) in [5.74, 6) is 0. The van der Waals surface area contributed by atoms with Gasteiger partial charge in [0.1, 0.15) is 0 Å². The van der Waals surface area contributed by atoms with Crippen LogP contribution in [0.25, 0.3) is 0 Å². The largest absolute Gasteiger partial charge is 0.364 e. The van der Waals surface area contributed by atoms with Crippen LogP contribution in [0.1, 0.15) is 40.2 Å². The van der Waals surface area contributed by atoms with Crippen molar-refractivity contribution in [2.24, 2.45) is 0 Å². The highest BCUT2D eigenvalue weighted by atomic mass is 15.3. The summed E-state index contributed by atoms with van der Waals surface area (Å²) in [6, 6.07) is 10.9. The first-order valence-corrected chi connectivity index (χ1v) is 7.64. The lowest BCUT2D eigenvalue weighted by Crippen LogP contribution is -2.58. The minimum absolute atomic E-state index is 0.582. The van der Waals surface area contributed by atoms with Crippen LogP contribution in [0.4, 0.5) is 5.69 Å². The van der Waals surface area contributed by atoms with Crippen LogP contribution in [-0.4, -0.2) is 36.1 Å². The molecule has 0 saturated carbocycles. The van der Waals surface area contributed by atoms with Crippen molar-refractivity contribution >= 4 is 5.69 Å². The first kappa shape index (κ1) is 14.4. The Labute approximate surface area is 118 Å². The van der Waals surface area contributed by atoms with Crippen LogP contribution in [0.5, 0.6) is 0 Å². The molecule has 1 aromatic rings. The zero-order valence-corrected chi connectivity index (χ0v) is 13.1. The number of piperazine rings is 1. The average Bonchev–Trinajstić information content (AvgIpc) is 2.38. The van der Waals surface area contributed by atoms with Gasteiger partial charge in [0.15, 0.2) is 0 Å². The summed E-state index contributed by atoms with van der Waals surface area (Å²) in [5.41, 5.74) is 2.80. The second-order valence-corrected chi connectivity index (χ2v) is 6.17. The fourth-order valence-corrected chi connectivity index (χ4v) is 3.20.